The molecule has 14 heavy (non-hydrogen) atoms. The Morgan fingerprint density at radius 1 is 1.21 bits per heavy atom. The molecule has 2 aliphatic carbocycles. The fourth-order valence-corrected chi connectivity index (χ4v) is 2.74. The lowest BCUT2D eigenvalue weighted by molar-refractivity contribution is 0.456. The van der Waals surface area contributed by atoms with Gasteiger partial charge < -0.3 is 10.2 Å². The zero-order chi connectivity index (χ0) is 9.76. The molecule has 2 aliphatic rings. The second-order valence-corrected chi connectivity index (χ2v) is 4.80. The van der Waals surface area contributed by atoms with Crippen LogP contribution in [0, 0.1) is 6.92 Å². The molecule has 3 rings (SSSR count). The summed E-state index contributed by atoms with van der Waals surface area (Å²) >= 11 is 0. The molecular formula is C12H17NO. The van der Waals surface area contributed by atoms with Crippen molar-refractivity contribution in [2.45, 2.75) is 51.0 Å². The Kier molecular flexibility index (Phi) is 1.61. The van der Waals surface area contributed by atoms with Crippen LogP contribution >= 0.6 is 0 Å². The van der Waals surface area contributed by atoms with Gasteiger partial charge in [0.2, 0.25) is 0 Å². The average molecular weight is 191 g/mol. The fraction of sp³-hybridized carbons (Fsp3) is 0.667. The second-order valence-electron chi connectivity index (χ2n) is 4.80. The molecule has 0 unspecified atom stereocenters. The third-order valence-electron chi connectivity index (χ3n) is 3.63. The van der Waals surface area contributed by atoms with Crippen LogP contribution in [0.3, 0.4) is 0 Å². The molecule has 0 atom stereocenters. The molecule has 0 bridgehead atoms. The van der Waals surface area contributed by atoms with Crippen LogP contribution in [-0.2, 0) is 18.4 Å². The van der Waals surface area contributed by atoms with E-state index in [4.69, 9.17) is 10.2 Å². The SMILES string of the molecule is Cc1oc2c(c1C1(N)CC1)CCCC2. The highest BCUT2D eigenvalue weighted by molar-refractivity contribution is 5.43. The van der Waals surface area contributed by atoms with Crippen molar-refractivity contribution < 1.29 is 4.42 Å². The first-order chi connectivity index (χ1) is 6.71. The summed E-state index contributed by atoms with van der Waals surface area (Å²) in [6.07, 6.45) is 7.15. The van der Waals surface area contributed by atoms with Crippen LogP contribution in [0.4, 0.5) is 0 Å². The Morgan fingerprint density at radius 2 is 1.93 bits per heavy atom. The van der Waals surface area contributed by atoms with Crippen molar-refractivity contribution in [1.82, 2.24) is 0 Å². The minimum Gasteiger partial charge on any atom is -0.466 e. The minimum absolute atomic E-state index is 0.0154. The molecule has 0 radical (unpaired) electrons. The monoisotopic (exact) mass is 191 g/mol. The molecule has 1 saturated carbocycles. The quantitative estimate of drug-likeness (QED) is 0.740. The molecule has 2 N–H and O–H groups in total. The number of nitrogens with two attached hydrogens (primary N) is 1. The highest BCUT2D eigenvalue weighted by Gasteiger charge is 2.45. The number of hydrogen-bond donors (Lipinski definition) is 1. The van der Waals surface area contributed by atoms with Gasteiger partial charge in [0.05, 0.1) is 0 Å². The van der Waals surface area contributed by atoms with Gasteiger partial charge in [-0.3, -0.25) is 0 Å². The summed E-state index contributed by atoms with van der Waals surface area (Å²) in [5.41, 5.74) is 9.07. The van der Waals surface area contributed by atoms with Crippen molar-refractivity contribution in [1.29, 1.82) is 0 Å². The van der Waals surface area contributed by atoms with Gasteiger partial charge in [-0.2, -0.15) is 0 Å². The molecule has 1 aromatic rings. The number of aryl methyl sites for hydroxylation is 2. The van der Waals surface area contributed by atoms with E-state index in [1.54, 1.807) is 0 Å². The van der Waals surface area contributed by atoms with Crippen LogP contribution in [0.5, 0.6) is 0 Å². The zero-order valence-corrected chi connectivity index (χ0v) is 8.73. The van der Waals surface area contributed by atoms with E-state index in [1.165, 1.54) is 36.1 Å². The minimum atomic E-state index is -0.0154. The number of fused-ring (bicyclic) bond motifs is 1. The number of hydrogen-bond acceptors (Lipinski definition) is 2. The van der Waals surface area contributed by atoms with Crippen molar-refractivity contribution >= 4 is 0 Å². The van der Waals surface area contributed by atoms with Gasteiger partial charge in [-0.05, 0) is 44.6 Å². The van der Waals surface area contributed by atoms with E-state index < -0.39 is 0 Å². The lowest BCUT2D eigenvalue weighted by Gasteiger charge is -2.14. The van der Waals surface area contributed by atoms with E-state index >= 15 is 0 Å². The predicted octanol–water partition coefficient (Wildman–Crippen LogP) is 2.41. The summed E-state index contributed by atoms with van der Waals surface area (Å²) in [5, 5.41) is 0. The average Bonchev–Trinajstić information content (AvgIpc) is 2.79. The summed E-state index contributed by atoms with van der Waals surface area (Å²) in [6.45, 7) is 2.07. The molecule has 0 aliphatic heterocycles. The Balaban J connectivity index is 2.13. The summed E-state index contributed by atoms with van der Waals surface area (Å²) in [6, 6.07) is 0. The summed E-state index contributed by atoms with van der Waals surface area (Å²) < 4.78 is 5.82. The molecule has 2 heteroatoms. The van der Waals surface area contributed by atoms with Gasteiger partial charge in [-0.15, -0.1) is 0 Å². The van der Waals surface area contributed by atoms with E-state index in [0.717, 1.165) is 25.0 Å². The Morgan fingerprint density at radius 3 is 2.64 bits per heavy atom. The summed E-state index contributed by atoms with van der Waals surface area (Å²) in [7, 11) is 0. The Hall–Kier alpha value is -0.760. The maximum atomic E-state index is 6.28. The van der Waals surface area contributed by atoms with Crippen LogP contribution in [0.2, 0.25) is 0 Å². The van der Waals surface area contributed by atoms with Gasteiger partial charge >= 0.3 is 0 Å². The van der Waals surface area contributed by atoms with Gasteiger partial charge in [0, 0.05) is 17.5 Å². The smallest absolute Gasteiger partial charge is 0.107 e. The fourth-order valence-electron chi connectivity index (χ4n) is 2.74. The van der Waals surface area contributed by atoms with Crippen molar-refractivity contribution in [2.75, 3.05) is 0 Å². The topological polar surface area (TPSA) is 39.2 Å². The van der Waals surface area contributed by atoms with Gasteiger partial charge in [0.15, 0.2) is 0 Å². The van der Waals surface area contributed by atoms with Crippen LogP contribution in [-0.4, -0.2) is 0 Å². The van der Waals surface area contributed by atoms with E-state index in [0.29, 0.717) is 0 Å². The molecule has 2 nitrogen and oxygen atoms in total. The zero-order valence-electron chi connectivity index (χ0n) is 8.73. The molecule has 1 heterocycles. The number of rotatable bonds is 1. The third-order valence-corrected chi connectivity index (χ3v) is 3.63. The molecule has 0 amide bonds. The second kappa shape index (κ2) is 2.63. The van der Waals surface area contributed by atoms with Crippen molar-refractivity contribution in [3.63, 3.8) is 0 Å². The first kappa shape index (κ1) is 8.54. The molecule has 1 fully saturated rings. The lowest BCUT2D eigenvalue weighted by atomic mass is 9.91. The van der Waals surface area contributed by atoms with Crippen molar-refractivity contribution in [3.05, 3.63) is 22.6 Å². The van der Waals surface area contributed by atoms with Crippen LogP contribution < -0.4 is 5.73 Å². The van der Waals surface area contributed by atoms with Crippen LogP contribution in [0.25, 0.3) is 0 Å². The highest BCUT2D eigenvalue weighted by Crippen LogP contribution is 2.48. The van der Waals surface area contributed by atoms with Gasteiger partial charge in [0.25, 0.3) is 0 Å². The maximum Gasteiger partial charge on any atom is 0.107 e. The maximum absolute atomic E-state index is 6.28. The van der Waals surface area contributed by atoms with E-state index in [9.17, 15) is 0 Å². The first-order valence-electron chi connectivity index (χ1n) is 5.61. The van der Waals surface area contributed by atoms with E-state index in [1.807, 2.05) is 0 Å². The number of furan rings is 1. The van der Waals surface area contributed by atoms with Gasteiger partial charge in [-0.25, -0.2) is 0 Å². The molecule has 0 aromatic carbocycles. The molecular weight excluding hydrogens is 174 g/mol. The van der Waals surface area contributed by atoms with Gasteiger partial charge in [-0.1, -0.05) is 0 Å². The molecule has 0 saturated heterocycles. The first-order valence-corrected chi connectivity index (χ1v) is 5.61. The van der Waals surface area contributed by atoms with Crippen molar-refractivity contribution in [3.8, 4) is 0 Å². The Bertz CT molecular complexity index is 374. The molecule has 76 valence electrons. The predicted molar refractivity (Wildman–Crippen MR) is 55.2 cm³/mol. The third kappa shape index (κ3) is 1.07. The largest absolute Gasteiger partial charge is 0.466 e. The van der Waals surface area contributed by atoms with E-state index in [-0.39, 0.29) is 5.54 Å². The summed E-state index contributed by atoms with van der Waals surface area (Å²) in [4.78, 5) is 0. The van der Waals surface area contributed by atoms with Crippen LogP contribution in [0.15, 0.2) is 4.42 Å². The molecule has 0 spiro atoms. The van der Waals surface area contributed by atoms with Crippen LogP contribution in [0.1, 0.15) is 48.3 Å². The van der Waals surface area contributed by atoms with Crippen molar-refractivity contribution in [2.24, 2.45) is 5.73 Å². The summed E-state index contributed by atoms with van der Waals surface area (Å²) in [5.74, 6) is 2.30. The lowest BCUT2D eigenvalue weighted by Crippen LogP contribution is -2.21. The highest BCUT2D eigenvalue weighted by atomic mass is 16.3. The van der Waals surface area contributed by atoms with E-state index in [2.05, 4.69) is 6.92 Å². The molecule has 1 aromatic heterocycles. The van der Waals surface area contributed by atoms with Gasteiger partial charge in [0.1, 0.15) is 11.5 Å². The normalized spacial score (nSPS) is 23.3. The Labute approximate surface area is 84.5 Å². The standard InChI is InChI=1S/C12H17NO/c1-8-11(12(13)6-7-12)9-4-2-3-5-10(9)14-8/h2-7,13H2,1H3.